The second-order valence-corrected chi connectivity index (χ2v) is 7.86. The van der Waals surface area contributed by atoms with Crippen molar-refractivity contribution in [3.8, 4) is 0 Å². The number of nitrogens with one attached hydrogen (secondary N) is 1. The number of rotatable bonds is 8. The molecule has 1 aromatic rings. The Kier molecular flexibility index (Phi) is 7.28. The minimum atomic E-state index is 0.0731. The third kappa shape index (κ3) is 4.67. The normalized spacial score (nSPS) is 18.7. The van der Waals surface area contributed by atoms with Crippen LogP contribution in [-0.4, -0.2) is 24.5 Å². The molecule has 1 heterocycles. The van der Waals surface area contributed by atoms with Crippen molar-refractivity contribution in [2.45, 2.75) is 53.0 Å². The van der Waals surface area contributed by atoms with Crippen molar-refractivity contribution in [3.05, 3.63) is 72.0 Å². The van der Waals surface area contributed by atoms with Crippen LogP contribution in [0, 0.1) is 19.3 Å². The Labute approximate surface area is 160 Å². The van der Waals surface area contributed by atoms with Crippen molar-refractivity contribution in [2.75, 3.05) is 19.6 Å². The molecule has 1 saturated heterocycles. The zero-order valence-electron chi connectivity index (χ0n) is 17.1. The van der Waals surface area contributed by atoms with E-state index in [1.807, 2.05) is 0 Å². The molecule has 2 nitrogen and oxygen atoms in total. The van der Waals surface area contributed by atoms with E-state index in [-0.39, 0.29) is 5.41 Å². The molecule has 1 aliphatic rings. The largest absolute Gasteiger partial charge is 0.371 e. The molecular formula is C24H36N2. The molecule has 0 radical (unpaired) electrons. The van der Waals surface area contributed by atoms with Crippen molar-refractivity contribution < 1.29 is 0 Å². The lowest BCUT2D eigenvalue weighted by molar-refractivity contribution is 0.189. The predicted octanol–water partition coefficient (Wildman–Crippen LogP) is 5.70. The van der Waals surface area contributed by atoms with E-state index in [2.05, 4.69) is 87.5 Å². The topological polar surface area (TPSA) is 15.3 Å². The van der Waals surface area contributed by atoms with Gasteiger partial charge in [0.2, 0.25) is 0 Å². The summed E-state index contributed by atoms with van der Waals surface area (Å²) in [7, 11) is 0. The average Bonchev–Trinajstić information content (AvgIpc) is 2.60. The van der Waals surface area contributed by atoms with E-state index in [0.717, 1.165) is 38.9 Å². The van der Waals surface area contributed by atoms with Gasteiger partial charge in [0.05, 0.1) is 6.04 Å². The summed E-state index contributed by atoms with van der Waals surface area (Å²) in [5.74, 6) is 0. The zero-order chi connectivity index (χ0) is 19.2. The van der Waals surface area contributed by atoms with Crippen LogP contribution in [0.4, 0.5) is 0 Å². The van der Waals surface area contributed by atoms with Gasteiger partial charge in [0, 0.05) is 30.7 Å². The summed E-state index contributed by atoms with van der Waals surface area (Å²) in [6.45, 7) is 20.1. The van der Waals surface area contributed by atoms with Gasteiger partial charge < -0.3 is 10.2 Å². The molecule has 0 saturated carbocycles. The summed E-state index contributed by atoms with van der Waals surface area (Å²) in [4.78, 5) is 2.59. The molecule has 2 heteroatoms. The molecular weight excluding hydrogens is 316 g/mol. The second-order valence-electron chi connectivity index (χ2n) is 7.86. The fourth-order valence-corrected chi connectivity index (χ4v) is 4.27. The predicted molar refractivity (Wildman–Crippen MR) is 114 cm³/mol. The maximum Gasteiger partial charge on any atom is 0.0501 e. The molecule has 26 heavy (non-hydrogen) atoms. The molecule has 0 aliphatic carbocycles. The number of hydrogen-bond acceptors (Lipinski definition) is 2. The Balaban J connectivity index is 2.30. The summed E-state index contributed by atoms with van der Waals surface area (Å²) in [6.07, 6.45) is 9.52. The molecule has 0 amide bonds. The van der Waals surface area contributed by atoms with Gasteiger partial charge in [-0.1, -0.05) is 55.8 Å². The fourth-order valence-electron chi connectivity index (χ4n) is 4.27. The smallest absolute Gasteiger partial charge is 0.0501 e. The van der Waals surface area contributed by atoms with Crippen LogP contribution in [-0.2, 0) is 0 Å². The average molecular weight is 353 g/mol. The van der Waals surface area contributed by atoms with Gasteiger partial charge in [-0.3, -0.25) is 0 Å². The fraction of sp³-hybridized carbons (Fsp3) is 0.500. The van der Waals surface area contributed by atoms with Crippen molar-refractivity contribution in [1.82, 2.24) is 10.2 Å². The number of allylic oxidation sites excluding steroid dienone is 4. The van der Waals surface area contributed by atoms with Crippen LogP contribution in [0.3, 0.4) is 0 Å². The molecule has 0 aromatic heterocycles. The Hall–Kier alpha value is -1.80. The van der Waals surface area contributed by atoms with Crippen molar-refractivity contribution >= 4 is 0 Å². The van der Waals surface area contributed by atoms with Crippen LogP contribution in [0.5, 0.6) is 0 Å². The lowest BCUT2D eigenvalue weighted by Gasteiger charge is -2.44. The Morgan fingerprint density at radius 2 is 1.96 bits per heavy atom. The number of hydrogen-bond donors (Lipinski definition) is 1. The van der Waals surface area contributed by atoms with Gasteiger partial charge in [-0.2, -0.15) is 0 Å². The van der Waals surface area contributed by atoms with Crippen LogP contribution in [0.15, 0.2) is 55.3 Å². The highest BCUT2D eigenvalue weighted by Gasteiger charge is 2.33. The molecule has 0 bridgehead atoms. The molecule has 1 N–H and O–H groups in total. The standard InChI is InChI=1S/C24H36N2/c1-7-10-23(24(6,13-8-2)14-9-3)26-16-15-25-22(18-26)21-12-11-19(4)17-20(21)5/h8-12,17,22,25H,2-3,7,13-16,18H2,1,4-6H3. The minimum Gasteiger partial charge on any atom is -0.371 e. The van der Waals surface area contributed by atoms with E-state index in [1.165, 1.54) is 22.4 Å². The molecule has 1 fully saturated rings. The molecule has 1 atom stereocenters. The van der Waals surface area contributed by atoms with Crippen molar-refractivity contribution in [1.29, 1.82) is 0 Å². The van der Waals surface area contributed by atoms with Gasteiger partial charge in [-0.25, -0.2) is 0 Å². The van der Waals surface area contributed by atoms with Gasteiger partial charge in [0.15, 0.2) is 0 Å². The van der Waals surface area contributed by atoms with E-state index < -0.39 is 0 Å². The highest BCUT2D eigenvalue weighted by Crippen LogP contribution is 2.39. The van der Waals surface area contributed by atoms with Gasteiger partial charge >= 0.3 is 0 Å². The minimum absolute atomic E-state index is 0.0731. The summed E-state index contributed by atoms with van der Waals surface area (Å²) < 4.78 is 0. The van der Waals surface area contributed by atoms with E-state index in [4.69, 9.17) is 0 Å². The monoisotopic (exact) mass is 352 g/mol. The summed E-state index contributed by atoms with van der Waals surface area (Å²) >= 11 is 0. The molecule has 1 aliphatic heterocycles. The Morgan fingerprint density at radius 1 is 1.27 bits per heavy atom. The number of benzene rings is 1. The second kappa shape index (κ2) is 9.23. The van der Waals surface area contributed by atoms with E-state index >= 15 is 0 Å². The van der Waals surface area contributed by atoms with Crippen LogP contribution in [0.25, 0.3) is 0 Å². The summed E-state index contributed by atoms with van der Waals surface area (Å²) in [5.41, 5.74) is 5.66. The number of nitrogens with zero attached hydrogens (tertiary/aromatic N) is 1. The molecule has 1 unspecified atom stereocenters. The third-order valence-corrected chi connectivity index (χ3v) is 5.52. The first-order chi connectivity index (χ1) is 12.4. The van der Waals surface area contributed by atoms with Crippen LogP contribution < -0.4 is 5.32 Å². The summed E-state index contributed by atoms with van der Waals surface area (Å²) in [5, 5.41) is 3.73. The van der Waals surface area contributed by atoms with E-state index in [1.54, 1.807) is 0 Å². The third-order valence-electron chi connectivity index (χ3n) is 5.52. The van der Waals surface area contributed by atoms with Gasteiger partial charge in [-0.05, 0) is 44.2 Å². The van der Waals surface area contributed by atoms with Crippen LogP contribution >= 0.6 is 0 Å². The molecule has 2 rings (SSSR count). The SMILES string of the molecule is C=CCC(C)(CC=C)C(=CCC)N1CCNC(c2ccc(C)cc2C)C1. The Bertz CT molecular complexity index is 646. The van der Waals surface area contributed by atoms with Gasteiger partial charge in [-0.15, -0.1) is 13.2 Å². The van der Waals surface area contributed by atoms with Gasteiger partial charge in [0.1, 0.15) is 0 Å². The van der Waals surface area contributed by atoms with E-state index in [0.29, 0.717) is 6.04 Å². The van der Waals surface area contributed by atoms with Crippen LogP contribution in [0.1, 0.15) is 55.8 Å². The van der Waals surface area contributed by atoms with E-state index in [9.17, 15) is 0 Å². The zero-order valence-corrected chi connectivity index (χ0v) is 17.1. The first kappa shape index (κ1) is 20.5. The van der Waals surface area contributed by atoms with Crippen molar-refractivity contribution in [3.63, 3.8) is 0 Å². The lowest BCUT2D eigenvalue weighted by Crippen LogP contribution is -2.48. The number of piperazine rings is 1. The first-order valence-electron chi connectivity index (χ1n) is 9.93. The van der Waals surface area contributed by atoms with Crippen LogP contribution in [0.2, 0.25) is 0 Å². The molecule has 0 spiro atoms. The quantitative estimate of drug-likeness (QED) is 0.604. The molecule has 1 aromatic carbocycles. The maximum absolute atomic E-state index is 4.01. The van der Waals surface area contributed by atoms with Gasteiger partial charge in [0.25, 0.3) is 0 Å². The maximum atomic E-state index is 4.01. The number of aryl methyl sites for hydroxylation is 2. The first-order valence-corrected chi connectivity index (χ1v) is 9.93. The highest BCUT2D eigenvalue weighted by molar-refractivity contribution is 5.33. The lowest BCUT2D eigenvalue weighted by atomic mass is 9.78. The summed E-state index contributed by atoms with van der Waals surface area (Å²) in [6, 6.07) is 7.19. The molecule has 142 valence electrons. The Morgan fingerprint density at radius 3 is 2.54 bits per heavy atom. The van der Waals surface area contributed by atoms with Crippen molar-refractivity contribution in [2.24, 2.45) is 5.41 Å². The highest BCUT2D eigenvalue weighted by atomic mass is 15.2.